The molecule has 0 radical (unpaired) electrons. The molecule has 116 valence electrons. The molecule has 0 saturated heterocycles. The number of nitrogens with one attached hydrogen (secondary N) is 1. The highest BCUT2D eigenvalue weighted by Gasteiger charge is 2.21. The van der Waals surface area contributed by atoms with Crippen molar-refractivity contribution >= 4 is 0 Å². The normalized spacial score (nSPS) is 14.5. The summed E-state index contributed by atoms with van der Waals surface area (Å²) in [5.74, 6) is 0. The molecule has 0 saturated carbocycles. The van der Waals surface area contributed by atoms with E-state index in [1.165, 1.54) is 57.8 Å². The topological polar surface area (TPSA) is 44.3 Å². The second kappa shape index (κ2) is 12.9. The maximum absolute atomic E-state index is 10.3. The molecule has 0 aliphatic rings. The first kappa shape index (κ1) is 18.9. The number of rotatable bonds is 14. The fourth-order valence-corrected chi connectivity index (χ4v) is 2.39. The van der Waals surface area contributed by atoms with Gasteiger partial charge in [-0.1, -0.05) is 78.1 Å². The highest BCUT2D eigenvalue weighted by Crippen LogP contribution is 2.22. The van der Waals surface area contributed by atoms with E-state index in [1.807, 2.05) is 6.92 Å². The van der Waals surface area contributed by atoms with E-state index in [0.29, 0.717) is 0 Å². The summed E-state index contributed by atoms with van der Waals surface area (Å²) in [5, 5.41) is 10.3. The summed E-state index contributed by atoms with van der Waals surface area (Å²) in [5.41, 5.74) is 1.30. The zero-order valence-electron chi connectivity index (χ0n) is 13.3. The van der Waals surface area contributed by atoms with Crippen LogP contribution in [0, 0.1) is 5.21 Å². The molecule has 0 aromatic heterocycles. The second-order valence-electron chi connectivity index (χ2n) is 5.92. The van der Waals surface area contributed by atoms with E-state index in [9.17, 15) is 5.21 Å². The van der Waals surface area contributed by atoms with Gasteiger partial charge in [-0.3, -0.25) is 5.64 Å². The van der Waals surface area contributed by atoms with Crippen LogP contribution in [0.3, 0.4) is 0 Å². The molecule has 0 spiro atoms. The van der Waals surface area contributed by atoms with Gasteiger partial charge in [0.25, 0.3) is 0 Å². The Hall–Kier alpha value is -0.120. The zero-order valence-corrected chi connectivity index (χ0v) is 13.3. The van der Waals surface area contributed by atoms with Crippen molar-refractivity contribution in [3.63, 3.8) is 0 Å². The lowest BCUT2D eigenvalue weighted by atomic mass is 9.95. The van der Waals surface area contributed by atoms with Crippen LogP contribution < -0.4 is 5.64 Å². The largest absolute Gasteiger partial charge is 0.765 e. The van der Waals surface area contributed by atoms with Crippen LogP contribution >= 0.6 is 0 Å². The summed E-state index contributed by atoms with van der Waals surface area (Å²) >= 11 is 0. The van der Waals surface area contributed by atoms with Crippen LogP contribution in [0.1, 0.15) is 97.8 Å². The molecule has 19 heavy (non-hydrogen) atoms. The molecule has 0 aliphatic heterocycles. The Balaban J connectivity index is 3.30. The summed E-state index contributed by atoms with van der Waals surface area (Å²) in [4.78, 5) is 5.06. The average molecular weight is 272 g/mol. The van der Waals surface area contributed by atoms with Crippen LogP contribution in [0.5, 0.6) is 0 Å². The molecular formula is C16H34NO2-. The van der Waals surface area contributed by atoms with Crippen LogP contribution in [-0.4, -0.2) is 5.60 Å². The number of unbranched alkanes of at least 4 members (excludes halogenated alkanes) is 9. The van der Waals surface area contributed by atoms with E-state index in [-0.39, 0.29) is 5.60 Å². The van der Waals surface area contributed by atoms with Gasteiger partial charge in [-0.15, -0.1) is 0 Å². The van der Waals surface area contributed by atoms with Crippen LogP contribution in [0.15, 0.2) is 0 Å². The van der Waals surface area contributed by atoms with Crippen molar-refractivity contribution in [3.8, 4) is 0 Å². The predicted molar refractivity (Wildman–Crippen MR) is 82.7 cm³/mol. The smallest absolute Gasteiger partial charge is 0.0854 e. The Morgan fingerprint density at radius 2 is 1.32 bits per heavy atom. The van der Waals surface area contributed by atoms with Crippen LogP contribution in [0.25, 0.3) is 0 Å². The molecule has 0 aromatic carbocycles. The molecule has 0 aromatic rings. The Morgan fingerprint density at radius 1 is 0.842 bits per heavy atom. The van der Waals surface area contributed by atoms with Gasteiger partial charge >= 0.3 is 0 Å². The third-order valence-electron chi connectivity index (χ3n) is 4.10. The zero-order chi connectivity index (χ0) is 14.4. The molecule has 0 heterocycles. The number of hydrogen-bond acceptors (Lipinski definition) is 3. The molecule has 3 nitrogen and oxygen atoms in total. The molecule has 0 bridgehead atoms. The Kier molecular flexibility index (Phi) is 12.8. The third kappa shape index (κ3) is 11.4. The number of hydrogen-bond donors (Lipinski definition) is 1. The lowest BCUT2D eigenvalue weighted by Crippen LogP contribution is -2.32. The Morgan fingerprint density at radius 3 is 1.74 bits per heavy atom. The lowest BCUT2D eigenvalue weighted by Gasteiger charge is -2.30. The van der Waals surface area contributed by atoms with Crippen molar-refractivity contribution in [2.24, 2.45) is 0 Å². The van der Waals surface area contributed by atoms with Crippen molar-refractivity contribution in [2.75, 3.05) is 0 Å². The summed E-state index contributed by atoms with van der Waals surface area (Å²) in [6.07, 6.45) is 15.2. The van der Waals surface area contributed by atoms with E-state index < -0.39 is 0 Å². The third-order valence-corrected chi connectivity index (χ3v) is 4.10. The maximum atomic E-state index is 10.3. The minimum atomic E-state index is -0.290. The quantitative estimate of drug-likeness (QED) is 0.336. The monoisotopic (exact) mass is 272 g/mol. The Bertz CT molecular complexity index is 188. The predicted octanol–water partition coefficient (Wildman–Crippen LogP) is 5.49. The van der Waals surface area contributed by atoms with Crippen molar-refractivity contribution < 1.29 is 4.84 Å². The highest BCUT2D eigenvalue weighted by atomic mass is 16.8. The van der Waals surface area contributed by atoms with Crippen molar-refractivity contribution in [3.05, 3.63) is 5.21 Å². The second-order valence-corrected chi connectivity index (χ2v) is 5.92. The van der Waals surface area contributed by atoms with Crippen LogP contribution in [0.2, 0.25) is 0 Å². The summed E-state index contributed by atoms with van der Waals surface area (Å²) in [6, 6.07) is 0. The van der Waals surface area contributed by atoms with Gasteiger partial charge in [0.2, 0.25) is 0 Å². The molecule has 1 N–H and O–H groups in total. The molecule has 0 fully saturated rings. The van der Waals surface area contributed by atoms with E-state index in [4.69, 9.17) is 4.84 Å². The van der Waals surface area contributed by atoms with Crippen LogP contribution in [0.4, 0.5) is 0 Å². The minimum absolute atomic E-state index is 0.290. The van der Waals surface area contributed by atoms with Crippen LogP contribution in [-0.2, 0) is 4.84 Å². The van der Waals surface area contributed by atoms with Gasteiger partial charge in [0.1, 0.15) is 0 Å². The molecule has 1 unspecified atom stereocenters. The van der Waals surface area contributed by atoms with Gasteiger partial charge in [-0.2, -0.15) is 0 Å². The van der Waals surface area contributed by atoms with E-state index in [2.05, 4.69) is 13.8 Å². The standard InChI is InChI=1S/C16H34NO2/c1-4-6-7-8-9-10-11-12-13-14-15-16(3,5-2)19-17-18/h17H,4-15H2,1-3H3/q-1. The van der Waals surface area contributed by atoms with E-state index in [0.717, 1.165) is 19.3 Å². The SMILES string of the molecule is CCCCCCCCCCCCC(C)(CC)ON[O-]. The highest BCUT2D eigenvalue weighted by molar-refractivity contribution is 4.72. The first-order chi connectivity index (χ1) is 9.18. The molecular weight excluding hydrogens is 238 g/mol. The van der Waals surface area contributed by atoms with Gasteiger partial charge < -0.3 is 10.0 Å². The van der Waals surface area contributed by atoms with E-state index in [1.54, 1.807) is 5.64 Å². The molecule has 1 atom stereocenters. The summed E-state index contributed by atoms with van der Waals surface area (Å²) < 4.78 is 0. The van der Waals surface area contributed by atoms with Gasteiger partial charge in [-0.05, 0) is 19.8 Å². The fraction of sp³-hybridized carbons (Fsp3) is 1.00. The molecule has 0 rings (SSSR count). The van der Waals surface area contributed by atoms with Gasteiger partial charge in [0.15, 0.2) is 0 Å². The van der Waals surface area contributed by atoms with Crippen molar-refractivity contribution in [2.45, 2.75) is 103 Å². The first-order valence-electron chi connectivity index (χ1n) is 8.23. The average Bonchev–Trinajstić information content (AvgIpc) is 2.41. The summed E-state index contributed by atoms with van der Waals surface area (Å²) in [6.45, 7) is 6.33. The molecule has 0 amide bonds. The van der Waals surface area contributed by atoms with Gasteiger partial charge in [0, 0.05) is 0 Å². The van der Waals surface area contributed by atoms with Crippen molar-refractivity contribution in [1.29, 1.82) is 0 Å². The molecule has 0 aliphatic carbocycles. The minimum Gasteiger partial charge on any atom is -0.765 e. The Labute approximate surface area is 120 Å². The van der Waals surface area contributed by atoms with Gasteiger partial charge in [-0.25, -0.2) is 0 Å². The maximum Gasteiger partial charge on any atom is 0.0854 e. The molecule has 3 heteroatoms. The fourth-order valence-electron chi connectivity index (χ4n) is 2.39. The summed E-state index contributed by atoms with van der Waals surface area (Å²) in [7, 11) is 0. The first-order valence-corrected chi connectivity index (χ1v) is 8.23. The van der Waals surface area contributed by atoms with E-state index >= 15 is 0 Å². The van der Waals surface area contributed by atoms with Crippen molar-refractivity contribution in [1.82, 2.24) is 5.64 Å². The van der Waals surface area contributed by atoms with Gasteiger partial charge in [0.05, 0.1) is 5.60 Å². The lowest BCUT2D eigenvalue weighted by molar-refractivity contribution is -0.0857.